The Morgan fingerprint density at radius 2 is 1.59 bits per heavy atom. The zero-order valence-electron chi connectivity index (χ0n) is 18.4. The third kappa shape index (κ3) is 7.29. The van der Waals surface area contributed by atoms with Crippen molar-refractivity contribution in [3.63, 3.8) is 0 Å². The van der Waals surface area contributed by atoms with Gasteiger partial charge in [0.15, 0.2) is 0 Å². The average Bonchev–Trinajstić information content (AvgIpc) is 2.73. The molecule has 2 aromatic rings. The number of sulfonamides is 1. The van der Waals surface area contributed by atoms with Crippen molar-refractivity contribution in [3.8, 4) is 0 Å². The smallest absolute Gasteiger partial charge is 0.244 e. The Hall–Kier alpha value is -1.42. The van der Waals surface area contributed by atoms with Crippen LogP contribution >= 0.6 is 58.0 Å². The summed E-state index contributed by atoms with van der Waals surface area (Å²) in [6.07, 6.45) is 0.923. The zero-order valence-corrected chi connectivity index (χ0v) is 23.0. The summed E-state index contributed by atoms with van der Waals surface area (Å²) in [4.78, 5) is 27.2. The number of benzene rings is 2. The molecule has 2 rings (SSSR count). The Labute approximate surface area is 223 Å². The lowest BCUT2D eigenvalue weighted by Crippen LogP contribution is -2.51. The van der Waals surface area contributed by atoms with Gasteiger partial charge in [-0.25, -0.2) is 8.42 Å². The third-order valence-corrected chi connectivity index (χ3v) is 7.55. The molecule has 0 aliphatic heterocycles. The minimum Gasteiger partial charge on any atom is -0.355 e. The summed E-state index contributed by atoms with van der Waals surface area (Å²) in [5.41, 5.74) is 0.496. The van der Waals surface area contributed by atoms with Crippen LogP contribution < -0.4 is 9.62 Å². The first-order chi connectivity index (χ1) is 15.8. The lowest BCUT2D eigenvalue weighted by Gasteiger charge is -2.32. The largest absolute Gasteiger partial charge is 0.355 e. The van der Waals surface area contributed by atoms with Crippen LogP contribution in [0, 0.1) is 0 Å². The number of carbonyl (C=O) groups is 2. The lowest BCUT2D eigenvalue weighted by atomic mass is 10.1. The molecule has 2 amide bonds. The van der Waals surface area contributed by atoms with Crippen molar-refractivity contribution >= 4 is 85.5 Å². The van der Waals surface area contributed by atoms with Gasteiger partial charge in [0.25, 0.3) is 0 Å². The molecule has 0 aromatic heterocycles. The molecule has 0 radical (unpaired) electrons. The van der Waals surface area contributed by atoms with Crippen LogP contribution in [0.5, 0.6) is 0 Å². The summed E-state index contributed by atoms with van der Waals surface area (Å²) < 4.78 is 26.0. The van der Waals surface area contributed by atoms with E-state index in [1.54, 1.807) is 19.1 Å². The molecule has 13 heteroatoms. The molecule has 186 valence electrons. The van der Waals surface area contributed by atoms with E-state index in [1.165, 1.54) is 30.0 Å². The topological polar surface area (TPSA) is 86.8 Å². The summed E-state index contributed by atoms with van der Waals surface area (Å²) >= 11 is 30.5. The number of hydrogen-bond donors (Lipinski definition) is 1. The van der Waals surface area contributed by atoms with Gasteiger partial charge in [0.2, 0.25) is 21.8 Å². The molecule has 0 bridgehead atoms. The maximum absolute atomic E-state index is 13.4. The molecule has 0 saturated heterocycles. The fourth-order valence-electron chi connectivity index (χ4n) is 3.04. The number of hydrogen-bond acceptors (Lipinski definition) is 4. The SMILES string of the molecule is CCNC(=O)C(C)N(Cc1ccc(Cl)cc1Cl)C(=O)CN(c1cc(Cl)c(Cl)cc1Cl)S(C)(=O)=O. The fourth-order valence-corrected chi connectivity index (χ4v) is 5.05. The number of amides is 2. The molecular formula is C21H22Cl5N3O4S. The van der Waals surface area contributed by atoms with Crippen molar-refractivity contribution in [1.29, 1.82) is 0 Å². The van der Waals surface area contributed by atoms with E-state index in [4.69, 9.17) is 58.0 Å². The molecule has 7 nitrogen and oxygen atoms in total. The molecule has 0 heterocycles. The molecule has 34 heavy (non-hydrogen) atoms. The molecule has 1 atom stereocenters. The van der Waals surface area contributed by atoms with Crippen molar-refractivity contribution in [2.24, 2.45) is 0 Å². The van der Waals surface area contributed by atoms with Gasteiger partial charge in [-0.3, -0.25) is 13.9 Å². The predicted octanol–water partition coefficient (Wildman–Crippen LogP) is 5.27. The molecule has 0 aliphatic rings. The molecule has 0 aliphatic carbocycles. The monoisotopic (exact) mass is 587 g/mol. The number of likely N-dealkylation sites (N-methyl/N-ethyl adjacent to an activating group) is 1. The number of anilines is 1. The minimum atomic E-state index is -3.99. The van der Waals surface area contributed by atoms with Crippen molar-refractivity contribution in [2.75, 3.05) is 23.7 Å². The third-order valence-electron chi connectivity index (χ3n) is 4.81. The lowest BCUT2D eigenvalue weighted by molar-refractivity contribution is -0.139. The summed E-state index contributed by atoms with van der Waals surface area (Å²) in [7, 11) is -3.99. The van der Waals surface area contributed by atoms with Gasteiger partial charge in [-0.05, 0) is 43.7 Å². The average molecular weight is 590 g/mol. The van der Waals surface area contributed by atoms with Gasteiger partial charge in [0, 0.05) is 23.1 Å². The van der Waals surface area contributed by atoms with Gasteiger partial charge < -0.3 is 10.2 Å². The molecular weight excluding hydrogens is 568 g/mol. The Morgan fingerprint density at radius 3 is 2.15 bits per heavy atom. The molecule has 2 aromatic carbocycles. The molecule has 0 saturated carbocycles. The second-order valence-corrected chi connectivity index (χ2v) is 11.3. The van der Waals surface area contributed by atoms with Gasteiger partial charge in [-0.1, -0.05) is 64.1 Å². The van der Waals surface area contributed by atoms with Gasteiger partial charge in [-0.15, -0.1) is 0 Å². The van der Waals surface area contributed by atoms with E-state index in [2.05, 4.69) is 5.32 Å². The fraction of sp³-hybridized carbons (Fsp3) is 0.333. The van der Waals surface area contributed by atoms with Crippen LogP contribution in [0.4, 0.5) is 5.69 Å². The Bertz CT molecular complexity index is 1190. The summed E-state index contributed by atoms with van der Waals surface area (Å²) in [6, 6.07) is 6.33. The molecule has 0 fully saturated rings. The van der Waals surface area contributed by atoms with E-state index in [0.717, 1.165) is 10.6 Å². The maximum atomic E-state index is 13.4. The molecule has 0 spiro atoms. The maximum Gasteiger partial charge on any atom is 0.244 e. The Kier molecular flexibility index (Phi) is 10.2. The molecule has 1 N–H and O–H groups in total. The summed E-state index contributed by atoms with van der Waals surface area (Å²) in [5.74, 6) is -1.09. The van der Waals surface area contributed by atoms with E-state index < -0.39 is 34.4 Å². The van der Waals surface area contributed by atoms with Crippen LogP contribution in [-0.4, -0.2) is 50.5 Å². The standard InChI is InChI=1S/C21H22Cl5N3O4S/c1-4-27-21(31)12(2)28(10-13-5-6-14(22)7-15(13)23)20(30)11-29(34(3,32)33)19-9-17(25)16(24)8-18(19)26/h5-9,12H,4,10-11H2,1-3H3,(H,27,31). The normalized spacial score (nSPS) is 12.2. The first kappa shape index (κ1) is 28.8. The minimum absolute atomic E-state index is 0.0169. The first-order valence-electron chi connectivity index (χ1n) is 9.89. The Balaban J connectivity index is 2.49. The van der Waals surface area contributed by atoms with Crippen molar-refractivity contribution in [1.82, 2.24) is 10.2 Å². The van der Waals surface area contributed by atoms with Crippen LogP contribution in [0.1, 0.15) is 19.4 Å². The van der Waals surface area contributed by atoms with E-state index >= 15 is 0 Å². The number of halogens is 5. The van der Waals surface area contributed by atoms with Crippen molar-refractivity contribution in [2.45, 2.75) is 26.4 Å². The van der Waals surface area contributed by atoms with Crippen LogP contribution in [0.15, 0.2) is 30.3 Å². The van der Waals surface area contributed by atoms with Crippen LogP contribution in [0.25, 0.3) is 0 Å². The van der Waals surface area contributed by atoms with E-state index in [-0.39, 0.29) is 27.3 Å². The first-order valence-corrected chi connectivity index (χ1v) is 13.6. The number of carbonyl (C=O) groups excluding carboxylic acids is 2. The quantitative estimate of drug-likeness (QED) is 0.404. The number of nitrogens with one attached hydrogen (secondary N) is 1. The Morgan fingerprint density at radius 1 is 0.971 bits per heavy atom. The highest BCUT2D eigenvalue weighted by Crippen LogP contribution is 2.35. The van der Waals surface area contributed by atoms with E-state index in [1.807, 2.05) is 0 Å². The summed E-state index contributed by atoms with van der Waals surface area (Å²) in [5, 5.41) is 3.52. The van der Waals surface area contributed by atoms with Crippen LogP contribution in [0.2, 0.25) is 25.1 Å². The van der Waals surface area contributed by atoms with Crippen LogP contribution in [-0.2, 0) is 26.2 Å². The van der Waals surface area contributed by atoms with Crippen molar-refractivity contribution < 1.29 is 18.0 Å². The highest BCUT2D eigenvalue weighted by Gasteiger charge is 2.31. The highest BCUT2D eigenvalue weighted by molar-refractivity contribution is 7.92. The van der Waals surface area contributed by atoms with Gasteiger partial charge in [-0.2, -0.15) is 0 Å². The number of rotatable bonds is 9. The van der Waals surface area contributed by atoms with Gasteiger partial charge in [0.1, 0.15) is 12.6 Å². The zero-order chi connectivity index (χ0) is 25.8. The second-order valence-electron chi connectivity index (χ2n) is 7.32. The van der Waals surface area contributed by atoms with Crippen LogP contribution in [0.3, 0.4) is 0 Å². The van der Waals surface area contributed by atoms with Gasteiger partial charge in [0.05, 0.1) is 27.0 Å². The highest BCUT2D eigenvalue weighted by atomic mass is 35.5. The van der Waals surface area contributed by atoms with E-state index in [0.29, 0.717) is 22.2 Å². The van der Waals surface area contributed by atoms with Crippen molar-refractivity contribution in [3.05, 3.63) is 61.0 Å². The number of nitrogens with zero attached hydrogens (tertiary/aromatic N) is 2. The van der Waals surface area contributed by atoms with Gasteiger partial charge >= 0.3 is 0 Å². The second kappa shape index (κ2) is 12.0. The van der Waals surface area contributed by atoms with E-state index in [9.17, 15) is 18.0 Å². The predicted molar refractivity (Wildman–Crippen MR) is 139 cm³/mol. The molecule has 1 unspecified atom stereocenters. The summed E-state index contributed by atoms with van der Waals surface area (Å²) in [6.45, 7) is 2.90.